The van der Waals surface area contributed by atoms with Gasteiger partial charge in [0.25, 0.3) is 5.91 Å². The molecule has 1 N–H and O–H groups in total. The van der Waals surface area contributed by atoms with Gasteiger partial charge in [-0.05, 0) is 50.8 Å². The van der Waals surface area contributed by atoms with Gasteiger partial charge in [-0.2, -0.15) is 0 Å². The minimum Gasteiger partial charge on any atom is -0.480 e. The van der Waals surface area contributed by atoms with Crippen molar-refractivity contribution < 1.29 is 14.7 Å². The number of halogens is 1. The van der Waals surface area contributed by atoms with Crippen LogP contribution in [0.3, 0.4) is 0 Å². The number of carbonyl (C=O) groups excluding carboxylic acids is 1. The number of carbonyl (C=O) groups is 2. The van der Waals surface area contributed by atoms with Gasteiger partial charge in [-0.25, -0.2) is 0 Å². The molecule has 1 heterocycles. The molecule has 0 bridgehead atoms. The Hall–Kier alpha value is -1.24. The van der Waals surface area contributed by atoms with Crippen LogP contribution in [0.15, 0.2) is 23.1 Å². The average molecular weight is 371 g/mol. The Bertz CT molecular complexity index is 611. The highest BCUT2D eigenvalue weighted by atomic mass is 35.5. The number of benzene rings is 1. The van der Waals surface area contributed by atoms with E-state index in [9.17, 15) is 9.59 Å². The van der Waals surface area contributed by atoms with Crippen molar-refractivity contribution in [1.29, 1.82) is 0 Å². The second kappa shape index (κ2) is 8.74. The molecule has 1 aliphatic rings. The highest BCUT2D eigenvalue weighted by Gasteiger charge is 2.25. The van der Waals surface area contributed by atoms with Crippen LogP contribution >= 0.6 is 23.4 Å². The van der Waals surface area contributed by atoms with Crippen LogP contribution in [0.25, 0.3) is 0 Å². The lowest BCUT2D eigenvalue weighted by Gasteiger charge is -2.25. The molecular weight excluding hydrogens is 348 g/mol. The van der Waals surface area contributed by atoms with Gasteiger partial charge in [0.05, 0.1) is 17.1 Å². The largest absolute Gasteiger partial charge is 0.480 e. The van der Waals surface area contributed by atoms with Crippen molar-refractivity contribution >= 4 is 35.2 Å². The minimum absolute atomic E-state index is 0.0280. The van der Waals surface area contributed by atoms with Crippen LogP contribution in [0.1, 0.15) is 29.6 Å². The van der Waals surface area contributed by atoms with Crippen molar-refractivity contribution in [3.8, 4) is 0 Å². The molecule has 132 valence electrons. The van der Waals surface area contributed by atoms with E-state index >= 15 is 0 Å². The van der Waals surface area contributed by atoms with E-state index in [1.165, 1.54) is 0 Å². The maximum atomic E-state index is 12.8. The fourth-order valence-electron chi connectivity index (χ4n) is 3.03. The van der Waals surface area contributed by atoms with Gasteiger partial charge >= 0.3 is 5.97 Å². The number of carboxylic acid groups (broad SMARTS) is 1. The third kappa shape index (κ3) is 4.88. The summed E-state index contributed by atoms with van der Waals surface area (Å²) in [4.78, 5) is 28.4. The number of likely N-dealkylation sites (N-methyl/N-ethyl adjacent to an activating group) is 1. The number of hydrogen-bond donors (Lipinski definition) is 1. The van der Waals surface area contributed by atoms with Crippen LogP contribution in [-0.2, 0) is 4.79 Å². The number of thioether (sulfide) groups is 1. The summed E-state index contributed by atoms with van der Waals surface area (Å²) in [5.41, 5.74) is 0.542. The maximum Gasteiger partial charge on any atom is 0.317 e. The Morgan fingerprint density at radius 3 is 2.79 bits per heavy atom. The topological polar surface area (TPSA) is 60.9 Å². The predicted octanol–water partition coefficient (Wildman–Crippen LogP) is 3.07. The van der Waals surface area contributed by atoms with Crippen molar-refractivity contribution in [2.75, 3.05) is 32.9 Å². The van der Waals surface area contributed by atoms with Gasteiger partial charge in [-0.15, -0.1) is 11.8 Å². The zero-order chi connectivity index (χ0) is 17.7. The summed E-state index contributed by atoms with van der Waals surface area (Å²) in [6, 6.07) is 5.70. The van der Waals surface area contributed by atoms with E-state index in [2.05, 4.69) is 0 Å². The molecule has 0 aliphatic carbocycles. The number of amides is 1. The summed E-state index contributed by atoms with van der Waals surface area (Å²) in [6.45, 7) is 1.32. The second-order valence-electron chi connectivity index (χ2n) is 6.03. The molecule has 0 aromatic heterocycles. The molecule has 5 nitrogen and oxygen atoms in total. The molecular formula is C17H23ClN2O3S. The highest BCUT2D eigenvalue weighted by molar-refractivity contribution is 7.98. The Morgan fingerprint density at radius 2 is 2.12 bits per heavy atom. The van der Waals surface area contributed by atoms with Crippen LogP contribution in [0, 0.1) is 0 Å². The molecule has 1 aliphatic heterocycles. The fraction of sp³-hybridized carbons (Fsp3) is 0.529. The lowest BCUT2D eigenvalue weighted by Crippen LogP contribution is -2.37. The van der Waals surface area contributed by atoms with E-state index in [0.29, 0.717) is 23.7 Å². The molecule has 0 saturated carbocycles. The second-order valence-corrected chi connectivity index (χ2v) is 7.32. The highest BCUT2D eigenvalue weighted by Crippen LogP contribution is 2.25. The Morgan fingerprint density at radius 1 is 1.38 bits per heavy atom. The molecule has 1 aromatic rings. The zero-order valence-corrected chi connectivity index (χ0v) is 15.6. The summed E-state index contributed by atoms with van der Waals surface area (Å²) in [7, 11) is 1.83. The van der Waals surface area contributed by atoms with E-state index in [1.807, 2.05) is 35.2 Å². The van der Waals surface area contributed by atoms with Crippen molar-refractivity contribution in [1.82, 2.24) is 9.80 Å². The fourth-order valence-corrected chi connectivity index (χ4v) is 3.67. The van der Waals surface area contributed by atoms with Gasteiger partial charge in [-0.3, -0.25) is 14.5 Å². The van der Waals surface area contributed by atoms with Gasteiger partial charge in [0, 0.05) is 24.0 Å². The van der Waals surface area contributed by atoms with Crippen LogP contribution in [0.4, 0.5) is 0 Å². The maximum absolute atomic E-state index is 12.8. The van der Waals surface area contributed by atoms with Crippen molar-refractivity contribution in [2.24, 2.45) is 0 Å². The average Bonchev–Trinajstić information content (AvgIpc) is 2.80. The molecule has 2 rings (SSSR count). The Labute approximate surface area is 152 Å². The molecule has 24 heavy (non-hydrogen) atoms. The van der Waals surface area contributed by atoms with Gasteiger partial charge < -0.3 is 10.0 Å². The Kier molecular flexibility index (Phi) is 6.95. The van der Waals surface area contributed by atoms with Crippen LogP contribution in [0.2, 0.25) is 5.02 Å². The lowest BCUT2D eigenvalue weighted by molar-refractivity contribution is -0.138. The quantitative estimate of drug-likeness (QED) is 0.807. The SMILES string of the molecule is CSc1ccc(Cl)c(C(=O)N2CCCC(N(C)CC(=O)O)CC2)c1. The van der Waals surface area contributed by atoms with Gasteiger partial charge in [0.15, 0.2) is 0 Å². The number of carboxylic acids is 1. The third-order valence-electron chi connectivity index (χ3n) is 4.40. The molecule has 7 heteroatoms. The number of nitrogens with zero attached hydrogens (tertiary/aromatic N) is 2. The van der Waals surface area contributed by atoms with Crippen molar-refractivity contribution in [2.45, 2.75) is 30.2 Å². The summed E-state index contributed by atoms with van der Waals surface area (Å²) >= 11 is 7.79. The van der Waals surface area contributed by atoms with Gasteiger partial charge in [0.2, 0.25) is 0 Å². The summed E-state index contributed by atoms with van der Waals surface area (Å²) in [5, 5.41) is 9.40. The standard InChI is InChI=1S/C17H23ClN2O3S/c1-19(11-16(21)22)12-4-3-8-20(9-7-12)17(23)14-10-13(24-2)5-6-15(14)18/h5-6,10,12H,3-4,7-9,11H2,1-2H3,(H,21,22). The van der Waals surface area contributed by atoms with Crippen LogP contribution in [-0.4, -0.2) is 65.8 Å². The molecule has 1 saturated heterocycles. The first-order valence-corrected chi connectivity index (χ1v) is 9.57. The molecule has 1 aromatic carbocycles. The van der Waals surface area contributed by atoms with E-state index < -0.39 is 5.97 Å². The minimum atomic E-state index is -0.824. The first kappa shape index (κ1) is 19.1. The van der Waals surface area contributed by atoms with Gasteiger partial charge in [-0.1, -0.05) is 11.6 Å². The number of aliphatic carboxylic acids is 1. The molecule has 1 amide bonds. The molecule has 1 fully saturated rings. The first-order valence-electron chi connectivity index (χ1n) is 7.97. The molecule has 0 spiro atoms. The van der Waals surface area contributed by atoms with Crippen LogP contribution in [0.5, 0.6) is 0 Å². The summed E-state index contributed by atoms with van der Waals surface area (Å²) in [6.07, 6.45) is 4.49. The molecule has 0 radical (unpaired) electrons. The molecule has 1 atom stereocenters. The summed E-state index contributed by atoms with van der Waals surface area (Å²) < 4.78 is 0. The number of likely N-dealkylation sites (tertiary alicyclic amines) is 1. The molecule has 1 unspecified atom stereocenters. The van der Waals surface area contributed by atoms with E-state index in [0.717, 1.165) is 24.2 Å². The van der Waals surface area contributed by atoms with E-state index in [-0.39, 0.29) is 18.5 Å². The lowest BCUT2D eigenvalue weighted by atomic mass is 10.1. The number of rotatable bonds is 5. The normalized spacial score (nSPS) is 18.5. The van der Waals surface area contributed by atoms with E-state index in [4.69, 9.17) is 16.7 Å². The van der Waals surface area contributed by atoms with Gasteiger partial charge in [0.1, 0.15) is 0 Å². The predicted molar refractivity (Wildman–Crippen MR) is 97.0 cm³/mol. The van der Waals surface area contributed by atoms with Crippen molar-refractivity contribution in [3.63, 3.8) is 0 Å². The Balaban J connectivity index is 2.05. The van der Waals surface area contributed by atoms with Crippen molar-refractivity contribution in [3.05, 3.63) is 28.8 Å². The zero-order valence-electron chi connectivity index (χ0n) is 14.0. The smallest absolute Gasteiger partial charge is 0.317 e. The van der Waals surface area contributed by atoms with Crippen LogP contribution < -0.4 is 0 Å². The number of hydrogen-bond acceptors (Lipinski definition) is 4. The first-order chi connectivity index (χ1) is 11.4. The van der Waals surface area contributed by atoms with E-state index in [1.54, 1.807) is 17.8 Å². The third-order valence-corrected chi connectivity index (χ3v) is 5.45. The summed E-state index contributed by atoms with van der Waals surface area (Å²) in [5.74, 6) is -0.868. The monoisotopic (exact) mass is 370 g/mol.